The quantitative estimate of drug-likeness (QED) is 0.178. The standard InChI is InChI=1S/C36H37Cl2N3O4S/c37-29-20-19-26(22-30(29)38)24-40(32(23-25-10-3-1-4-11-25)36(43)39-28-14-5-2-6-15-28)34(42)18-9-21-41-31-16-7-12-27-13-8-17-33(35(27)31)46(41,44)45/h1,3-4,7-8,10-13,16-17,19-20,22,28,32H,2,5-6,9,14-15,18,21,23-24H2,(H,39,43). The van der Waals surface area contributed by atoms with E-state index in [2.05, 4.69) is 5.32 Å². The highest BCUT2D eigenvalue weighted by Crippen LogP contribution is 2.42. The molecule has 1 aliphatic heterocycles. The summed E-state index contributed by atoms with van der Waals surface area (Å²) in [5, 5.41) is 5.58. The normalized spacial score (nSPS) is 16.3. The van der Waals surface area contributed by atoms with Gasteiger partial charge in [-0.05, 0) is 60.0 Å². The number of sulfonamides is 1. The summed E-state index contributed by atoms with van der Waals surface area (Å²) in [6, 6.07) is 25.0. The lowest BCUT2D eigenvalue weighted by Gasteiger charge is -2.34. The molecule has 1 unspecified atom stereocenters. The molecule has 1 atom stereocenters. The van der Waals surface area contributed by atoms with Crippen LogP contribution in [0.3, 0.4) is 0 Å². The zero-order chi connectivity index (χ0) is 32.3. The van der Waals surface area contributed by atoms with Crippen LogP contribution in [0.5, 0.6) is 0 Å². The third kappa shape index (κ3) is 6.89. The fourth-order valence-electron chi connectivity index (χ4n) is 6.65. The van der Waals surface area contributed by atoms with Crippen LogP contribution >= 0.6 is 23.2 Å². The van der Waals surface area contributed by atoms with E-state index in [1.165, 1.54) is 4.31 Å². The Hall–Kier alpha value is -3.59. The van der Waals surface area contributed by atoms with Crippen molar-refractivity contribution in [1.29, 1.82) is 0 Å². The average molecular weight is 679 g/mol. The van der Waals surface area contributed by atoms with Gasteiger partial charge in [-0.25, -0.2) is 8.42 Å². The number of rotatable bonds is 11. The van der Waals surface area contributed by atoms with Crippen LogP contribution in [0, 0.1) is 0 Å². The van der Waals surface area contributed by atoms with Crippen LogP contribution in [0.4, 0.5) is 5.69 Å². The summed E-state index contributed by atoms with van der Waals surface area (Å²) in [7, 11) is -3.74. The molecule has 1 saturated carbocycles. The van der Waals surface area contributed by atoms with Crippen LogP contribution in [-0.2, 0) is 32.6 Å². The van der Waals surface area contributed by atoms with Gasteiger partial charge in [0.2, 0.25) is 11.8 Å². The average Bonchev–Trinajstić information content (AvgIpc) is 3.28. The van der Waals surface area contributed by atoms with E-state index in [1.807, 2.05) is 54.6 Å². The maximum atomic E-state index is 14.2. The van der Waals surface area contributed by atoms with Gasteiger partial charge in [0, 0.05) is 37.4 Å². The van der Waals surface area contributed by atoms with Gasteiger partial charge in [-0.3, -0.25) is 13.9 Å². The van der Waals surface area contributed by atoms with Gasteiger partial charge >= 0.3 is 0 Å². The first-order valence-electron chi connectivity index (χ1n) is 15.8. The number of hydrogen-bond acceptors (Lipinski definition) is 4. The Labute approximate surface area is 280 Å². The number of benzene rings is 4. The molecular formula is C36H37Cl2N3O4S. The number of hydrogen-bond donors (Lipinski definition) is 1. The van der Waals surface area contributed by atoms with Gasteiger partial charge in [-0.1, -0.05) is 103 Å². The lowest BCUT2D eigenvalue weighted by Crippen LogP contribution is -2.52. The van der Waals surface area contributed by atoms with Crippen molar-refractivity contribution >= 4 is 61.5 Å². The van der Waals surface area contributed by atoms with Gasteiger partial charge in [-0.2, -0.15) is 0 Å². The lowest BCUT2D eigenvalue weighted by atomic mass is 9.94. The Balaban J connectivity index is 1.26. The van der Waals surface area contributed by atoms with Gasteiger partial charge in [0.25, 0.3) is 10.0 Å². The van der Waals surface area contributed by atoms with Crippen LogP contribution in [0.25, 0.3) is 10.8 Å². The second kappa shape index (κ2) is 14.0. The predicted molar refractivity (Wildman–Crippen MR) is 184 cm³/mol. The van der Waals surface area contributed by atoms with E-state index in [0.29, 0.717) is 27.5 Å². The molecule has 1 fully saturated rings. The molecule has 46 heavy (non-hydrogen) atoms. The van der Waals surface area contributed by atoms with E-state index in [-0.39, 0.29) is 48.7 Å². The smallest absolute Gasteiger partial charge is 0.265 e. The van der Waals surface area contributed by atoms with E-state index in [9.17, 15) is 18.0 Å². The number of nitrogens with zero attached hydrogens (tertiary/aromatic N) is 2. The Morgan fingerprint density at radius 2 is 1.61 bits per heavy atom. The highest BCUT2D eigenvalue weighted by atomic mass is 35.5. The summed E-state index contributed by atoms with van der Waals surface area (Å²) in [5.74, 6) is -0.425. The highest BCUT2D eigenvalue weighted by molar-refractivity contribution is 7.93. The summed E-state index contributed by atoms with van der Waals surface area (Å²) in [6.45, 7) is 0.290. The van der Waals surface area contributed by atoms with Crippen molar-refractivity contribution in [2.24, 2.45) is 0 Å². The second-order valence-corrected chi connectivity index (χ2v) is 14.8. The van der Waals surface area contributed by atoms with E-state index in [4.69, 9.17) is 23.2 Å². The number of nitrogens with one attached hydrogen (secondary N) is 1. The third-order valence-electron chi connectivity index (χ3n) is 8.99. The molecule has 0 saturated heterocycles. The number of amides is 2. The first-order valence-corrected chi connectivity index (χ1v) is 18.0. The van der Waals surface area contributed by atoms with Crippen molar-refractivity contribution in [1.82, 2.24) is 10.2 Å². The van der Waals surface area contributed by atoms with Crippen molar-refractivity contribution in [3.8, 4) is 0 Å². The van der Waals surface area contributed by atoms with Gasteiger partial charge in [0.15, 0.2) is 0 Å². The molecular weight excluding hydrogens is 641 g/mol. The van der Waals surface area contributed by atoms with Crippen molar-refractivity contribution in [3.63, 3.8) is 0 Å². The van der Waals surface area contributed by atoms with Crippen molar-refractivity contribution in [2.45, 2.75) is 74.9 Å². The van der Waals surface area contributed by atoms with Crippen molar-refractivity contribution < 1.29 is 18.0 Å². The summed E-state index contributed by atoms with van der Waals surface area (Å²) >= 11 is 12.5. The topological polar surface area (TPSA) is 86.8 Å². The van der Waals surface area contributed by atoms with Gasteiger partial charge in [-0.15, -0.1) is 0 Å². The molecule has 2 amide bonds. The number of halogens is 2. The third-order valence-corrected chi connectivity index (χ3v) is 11.6. The highest BCUT2D eigenvalue weighted by Gasteiger charge is 2.36. The van der Waals surface area contributed by atoms with E-state index < -0.39 is 16.1 Å². The van der Waals surface area contributed by atoms with Gasteiger partial charge < -0.3 is 10.2 Å². The Bertz CT molecular complexity index is 1840. The molecule has 7 nitrogen and oxygen atoms in total. The largest absolute Gasteiger partial charge is 0.352 e. The maximum Gasteiger partial charge on any atom is 0.265 e. The number of carbonyl (C=O) groups is 2. The Morgan fingerprint density at radius 1 is 0.870 bits per heavy atom. The SMILES string of the molecule is O=C(NC1CCCCC1)C(Cc1ccccc1)N(Cc1ccc(Cl)c(Cl)c1)C(=O)CCCN1c2cccc3cccc(c23)S1(=O)=O. The summed E-state index contributed by atoms with van der Waals surface area (Å²) < 4.78 is 28.4. The second-order valence-electron chi connectivity index (χ2n) is 12.1. The monoisotopic (exact) mass is 677 g/mol. The molecule has 1 N–H and O–H groups in total. The van der Waals surface area contributed by atoms with Crippen LogP contribution in [-0.4, -0.2) is 43.8 Å². The maximum absolute atomic E-state index is 14.2. The summed E-state index contributed by atoms with van der Waals surface area (Å²) in [4.78, 5) is 30.1. The molecule has 4 aromatic carbocycles. The number of carbonyl (C=O) groups excluding carboxylic acids is 2. The van der Waals surface area contributed by atoms with Gasteiger partial charge in [0.05, 0.1) is 20.6 Å². The Morgan fingerprint density at radius 3 is 2.35 bits per heavy atom. The minimum Gasteiger partial charge on any atom is -0.352 e. The first kappa shape index (κ1) is 32.4. The minimum atomic E-state index is -3.74. The molecule has 0 radical (unpaired) electrons. The Kier molecular flexibility index (Phi) is 9.87. The van der Waals surface area contributed by atoms with Crippen LogP contribution < -0.4 is 9.62 Å². The van der Waals surface area contributed by atoms with Gasteiger partial charge in [0.1, 0.15) is 6.04 Å². The molecule has 1 heterocycles. The molecule has 240 valence electrons. The molecule has 4 aromatic rings. The fraction of sp³-hybridized carbons (Fsp3) is 0.333. The van der Waals surface area contributed by atoms with Crippen LogP contribution in [0.2, 0.25) is 10.0 Å². The molecule has 6 rings (SSSR count). The minimum absolute atomic E-state index is 0.0572. The summed E-state index contributed by atoms with van der Waals surface area (Å²) in [5.41, 5.74) is 2.31. The molecule has 0 aromatic heterocycles. The number of anilines is 1. The van der Waals surface area contributed by atoms with Crippen LogP contribution in [0.1, 0.15) is 56.1 Å². The molecule has 0 bridgehead atoms. The fourth-order valence-corrected chi connectivity index (χ4v) is 8.72. The zero-order valence-corrected chi connectivity index (χ0v) is 27.8. The van der Waals surface area contributed by atoms with E-state index in [0.717, 1.165) is 48.6 Å². The molecule has 1 aliphatic carbocycles. The van der Waals surface area contributed by atoms with E-state index >= 15 is 0 Å². The van der Waals surface area contributed by atoms with Crippen molar-refractivity contribution in [3.05, 3.63) is 106 Å². The van der Waals surface area contributed by atoms with Crippen LogP contribution in [0.15, 0.2) is 89.8 Å². The van der Waals surface area contributed by atoms with Crippen molar-refractivity contribution in [2.75, 3.05) is 10.8 Å². The molecule has 2 aliphatic rings. The molecule has 10 heteroatoms. The zero-order valence-electron chi connectivity index (χ0n) is 25.5. The van der Waals surface area contributed by atoms with E-state index in [1.54, 1.807) is 35.2 Å². The first-order chi connectivity index (χ1) is 22.2. The molecule has 0 spiro atoms. The lowest BCUT2D eigenvalue weighted by molar-refractivity contribution is -0.141. The predicted octanol–water partition coefficient (Wildman–Crippen LogP) is 7.52. The summed E-state index contributed by atoms with van der Waals surface area (Å²) in [6.07, 6.45) is 5.81.